The van der Waals surface area contributed by atoms with Crippen molar-refractivity contribution in [3.05, 3.63) is 45.5 Å². The third kappa shape index (κ3) is 5.36. The third-order valence-corrected chi connectivity index (χ3v) is 5.36. The van der Waals surface area contributed by atoms with Gasteiger partial charge in [-0.05, 0) is 25.2 Å². The maximum Gasteiger partial charge on any atom is 0.426 e. The molecular weight excluding hydrogens is 471 g/mol. The first-order chi connectivity index (χ1) is 14.6. The summed E-state index contributed by atoms with van der Waals surface area (Å²) in [7, 11) is 0. The Balaban J connectivity index is 2.17. The third-order valence-electron chi connectivity index (χ3n) is 5.02. The number of hydrogen-bond acceptors (Lipinski definition) is 4. The highest BCUT2D eigenvalue weighted by molar-refractivity contribution is 6.30. The fraction of sp³-hybridized carbons (Fsp3) is 0.500. The second kappa shape index (κ2) is 9.29. The molecule has 0 aliphatic heterocycles. The zero-order valence-corrected chi connectivity index (χ0v) is 18.1. The molecular formula is C20H19ClF7NO3. The second-order valence-corrected chi connectivity index (χ2v) is 8.38. The summed E-state index contributed by atoms with van der Waals surface area (Å²) in [6.45, 7) is 3.91. The van der Waals surface area contributed by atoms with Crippen LogP contribution in [0, 0.1) is 40.5 Å². The van der Waals surface area contributed by atoms with E-state index in [0.29, 0.717) is 11.8 Å². The summed E-state index contributed by atoms with van der Waals surface area (Å²) in [4.78, 5) is 16.9. The van der Waals surface area contributed by atoms with E-state index in [-0.39, 0.29) is 0 Å². The van der Waals surface area contributed by atoms with Gasteiger partial charge in [-0.2, -0.15) is 13.2 Å². The fourth-order valence-corrected chi connectivity index (χ4v) is 3.26. The SMILES string of the molecule is CC(C)=NOCc1c(F)c(F)c(COC(=O)[C@H]2[C@H](/C=C(\Cl)C(F)(F)F)C2(C)C)c(F)c1F. The Bertz CT molecular complexity index is 940. The number of carbonyl (C=O) groups excluding carboxylic acids is 1. The lowest BCUT2D eigenvalue weighted by Gasteiger charge is -2.12. The first kappa shape index (κ1) is 26.0. The molecule has 0 radical (unpaired) electrons. The molecule has 0 heterocycles. The number of rotatable bonds is 7. The Labute approximate surface area is 184 Å². The minimum atomic E-state index is -4.80. The number of oxime groups is 1. The van der Waals surface area contributed by atoms with Gasteiger partial charge in [0.1, 0.15) is 18.2 Å². The number of carbonyl (C=O) groups is 1. The highest BCUT2D eigenvalue weighted by Gasteiger charge is 2.62. The van der Waals surface area contributed by atoms with Gasteiger partial charge in [-0.25, -0.2) is 17.6 Å². The lowest BCUT2D eigenvalue weighted by Crippen LogP contribution is -2.15. The summed E-state index contributed by atoms with van der Waals surface area (Å²) in [5, 5.41) is 1.99. The summed E-state index contributed by atoms with van der Waals surface area (Å²) in [5.41, 5.74) is -2.82. The molecule has 4 nitrogen and oxygen atoms in total. The van der Waals surface area contributed by atoms with Gasteiger partial charge in [-0.1, -0.05) is 36.7 Å². The maximum atomic E-state index is 14.3. The lowest BCUT2D eigenvalue weighted by molar-refractivity contribution is -0.147. The number of alkyl halides is 3. The number of benzene rings is 1. The smallest absolute Gasteiger partial charge is 0.426 e. The number of allylic oxidation sites excluding steroid dienone is 2. The van der Waals surface area contributed by atoms with E-state index in [9.17, 15) is 35.5 Å². The van der Waals surface area contributed by atoms with E-state index in [0.717, 1.165) is 0 Å². The van der Waals surface area contributed by atoms with Crippen molar-refractivity contribution in [2.24, 2.45) is 22.4 Å². The first-order valence-electron chi connectivity index (χ1n) is 9.18. The molecule has 1 aliphatic rings. The minimum absolute atomic E-state index is 0.392. The van der Waals surface area contributed by atoms with Crippen molar-refractivity contribution in [3.63, 3.8) is 0 Å². The van der Waals surface area contributed by atoms with Crippen LogP contribution in [-0.2, 0) is 27.6 Å². The lowest BCUT2D eigenvalue weighted by atomic mass is 10.1. The molecule has 0 aromatic heterocycles. The average molecular weight is 490 g/mol. The summed E-state index contributed by atoms with van der Waals surface area (Å²) in [6.07, 6.45) is -4.15. The molecule has 0 N–H and O–H groups in total. The van der Waals surface area contributed by atoms with Gasteiger partial charge in [0.2, 0.25) is 0 Å². The van der Waals surface area contributed by atoms with Gasteiger partial charge in [-0.3, -0.25) is 4.79 Å². The molecule has 1 aliphatic carbocycles. The average Bonchev–Trinajstić information content (AvgIpc) is 3.21. The number of hydrogen-bond donors (Lipinski definition) is 0. The molecule has 2 rings (SSSR count). The van der Waals surface area contributed by atoms with E-state index < -0.39 is 82.0 Å². The monoisotopic (exact) mass is 489 g/mol. The highest BCUT2D eigenvalue weighted by atomic mass is 35.5. The molecule has 1 aromatic rings. The summed E-state index contributed by atoms with van der Waals surface area (Å²) in [5.74, 6) is -10.2. The molecule has 178 valence electrons. The van der Waals surface area contributed by atoms with Crippen LogP contribution in [0.15, 0.2) is 16.3 Å². The maximum absolute atomic E-state index is 14.3. The predicted octanol–water partition coefficient (Wildman–Crippen LogP) is 6.16. The molecule has 2 atom stereocenters. The van der Waals surface area contributed by atoms with Gasteiger partial charge in [0.05, 0.1) is 22.8 Å². The minimum Gasteiger partial charge on any atom is -0.460 e. The summed E-state index contributed by atoms with van der Waals surface area (Å²) in [6, 6.07) is 0. The summed E-state index contributed by atoms with van der Waals surface area (Å²) < 4.78 is 99.5. The Morgan fingerprint density at radius 2 is 1.50 bits per heavy atom. The topological polar surface area (TPSA) is 47.9 Å². The number of ether oxygens (including phenoxy) is 1. The summed E-state index contributed by atoms with van der Waals surface area (Å²) >= 11 is 5.19. The molecule has 0 spiro atoms. The molecule has 1 fully saturated rings. The highest BCUT2D eigenvalue weighted by Crippen LogP contribution is 2.60. The van der Waals surface area contributed by atoms with E-state index >= 15 is 0 Å². The van der Waals surface area contributed by atoms with Crippen molar-refractivity contribution in [2.45, 2.75) is 47.1 Å². The molecule has 0 unspecified atom stereocenters. The molecule has 0 saturated heterocycles. The van der Waals surface area contributed by atoms with E-state index in [1.54, 1.807) is 0 Å². The van der Waals surface area contributed by atoms with Crippen LogP contribution in [-0.4, -0.2) is 17.9 Å². The van der Waals surface area contributed by atoms with Crippen LogP contribution in [0.5, 0.6) is 0 Å². The van der Waals surface area contributed by atoms with Crippen molar-refractivity contribution < 1.29 is 45.1 Å². The Hall–Kier alpha value is -2.30. The van der Waals surface area contributed by atoms with Crippen LogP contribution < -0.4 is 0 Å². The molecule has 32 heavy (non-hydrogen) atoms. The van der Waals surface area contributed by atoms with Gasteiger partial charge >= 0.3 is 12.1 Å². The van der Waals surface area contributed by atoms with Crippen LogP contribution in [0.25, 0.3) is 0 Å². The number of nitrogens with zero attached hydrogens (tertiary/aromatic N) is 1. The Morgan fingerprint density at radius 1 is 1.03 bits per heavy atom. The molecule has 0 amide bonds. The van der Waals surface area contributed by atoms with Crippen molar-refractivity contribution in [3.8, 4) is 0 Å². The van der Waals surface area contributed by atoms with Gasteiger partial charge < -0.3 is 9.57 Å². The van der Waals surface area contributed by atoms with Crippen LogP contribution in [0.1, 0.15) is 38.8 Å². The van der Waals surface area contributed by atoms with E-state index in [4.69, 9.17) is 16.3 Å². The largest absolute Gasteiger partial charge is 0.460 e. The van der Waals surface area contributed by atoms with Gasteiger partial charge in [0.15, 0.2) is 23.3 Å². The van der Waals surface area contributed by atoms with Crippen molar-refractivity contribution in [1.82, 2.24) is 0 Å². The quantitative estimate of drug-likeness (QED) is 0.152. The normalized spacial score (nSPS) is 20.1. The number of halogens is 8. The van der Waals surface area contributed by atoms with Crippen LogP contribution in [0.3, 0.4) is 0 Å². The molecule has 1 aromatic carbocycles. The van der Waals surface area contributed by atoms with Crippen molar-refractivity contribution in [2.75, 3.05) is 0 Å². The second-order valence-electron chi connectivity index (χ2n) is 7.97. The molecule has 1 saturated carbocycles. The zero-order chi connectivity index (χ0) is 24.6. The van der Waals surface area contributed by atoms with E-state index in [2.05, 4.69) is 9.99 Å². The Morgan fingerprint density at radius 3 is 1.94 bits per heavy atom. The fourth-order valence-electron chi connectivity index (χ4n) is 3.13. The van der Waals surface area contributed by atoms with Gasteiger partial charge in [0.25, 0.3) is 0 Å². The van der Waals surface area contributed by atoms with Crippen molar-refractivity contribution in [1.29, 1.82) is 0 Å². The Kier molecular flexibility index (Phi) is 7.53. The van der Waals surface area contributed by atoms with E-state index in [1.807, 2.05) is 0 Å². The van der Waals surface area contributed by atoms with Gasteiger partial charge in [-0.15, -0.1) is 0 Å². The van der Waals surface area contributed by atoms with Crippen molar-refractivity contribution >= 4 is 23.3 Å². The zero-order valence-electron chi connectivity index (χ0n) is 17.3. The van der Waals surface area contributed by atoms with E-state index in [1.165, 1.54) is 27.7 Å². The molecule has 12 heteroatoms. The first-order valence-corrected chi connectivity index (χ1v) is 9.56. The van der Waals surface area contributed by atoms with Crippen LogP contribution in [0.2, 0.25) is 0 Å². The molecule has 0 bridgehead atoms. The van der Waals surface area contributed by atoms with Gasteiger partial charge in [0, 0.05) is 0 Å². The standard InChI is InChI=1S/C20H19ClF7NO3/c1-8(2)29-32-7-10-16(24)14(22)9(15(23)17(10)25)6-31-18(30)13-11(19(13,3)4)5-12(21)20(26,27)28/h5,11,13H,6-7H2,1-4H3/b12-5-/t11-,13+/m0/s1. The predicted molar refractivity (Wildman–Crippen MR) is 100 cm³/mol. The van der Waals surface area contributed by atoms with Crippen LogP contribution in [0.4, 0.5) is 30.7 Å². The number of esters is 1. The van der Waals surface area contributed by atoms with Crippen LogP contribution >= 0.6 is 11.6 Å².